The number of carbonyl (C=O) groups is 4. The molecule has 1 atom stereocenters. The summed E-state index contributed by atoms with van der Waals surface area (Å²) in [7, 11) is -2.66. The molecule has 3 fully saturated rings. The monoisotopic (exact) mass is 707 g/mol. The minimum Gasteiger partial charge on any atom is -0.506 e. The van der Waals surface area contributed by atoms with E-state index in [-0.39, 0.29) is 53.5 Å². The Morgan fingerprint density at radius 3 is 2.46 bits per heavy atom. The van der Waals surface area contributed by atoms with Crippen molar-refractivity contribution in [3.63, 3.8) is 0 Å². The fourth-order valence-corrected chi connectivity index (χ4v) is 8.30. The maximum atomic E-state index is 15.4. The van der Waals surface area contributed by atoms with Gasteiger partial charge in [0.2, 0.25) is 17.7 Å². The highest BCUT2D eigenvalue weighted by Gasteiger charge is 2.38. The number of carbonyl (C=O) groups excluding carboxylic acids is 4. The Labute approximate surface area is 284 Å². The summed E-state index contributed by atoms with van der Waals surface area (Å²) in [5, 5.41) is 15.8. The number of amides is 4. The van der Waals surface area contributed by atoms with Crippen LogP contribution in [-0.2, 0) is 36.4 Å². The van der Waals surface area contributed by atoms with E-state index >= 15 is 4.39 Å². The minimum absolute atomic E-state index is 0.00137. The molecule has 4 amide bonds. The lowest BCUT2D eigenvalue weighted by Crippen LogP contribution is -2.44. The van der Waals surface area contributed by atoms with E-state index in [4.69, 9.17) is 0 Å². The average molecular weight is 708 g/mol. The van der Waals surface area contributed by atoms with Crippen LogP contribution in [0.4, 0.5) is 15.8 Å². The van der Waals surface area contributed by atoms with Gasteiger partial charge in [-0.25, -0.2) is 18.2 Å². The van der Waals surface area contributed by atoms with Crippen LogP contribution in [-0.4, -0.2) is 77.4 Å². The van der Waals surface area contributed by atoms with Crippen molar-refractivity contribution in [3.05, 3.63) is 64.3 Å². The molecule has 50 heavy (non-hydrogen) atoms. The molecule has 0 spiro atoms. The number of hydrogen-bond acceptors (Lipinski definition) is 9. The van der Waals surface area contributed by atoms with Crippen molar-refractivity contribution in [3.8, 4) is 5.75 Å². The number of halogens is 1. The largest absolute Gasteiger partial charge is 0.506 e. The highest BCUT2D eigenvalue weighted by atomic mass is 32.2. The van der Waals surface area contributed by atoms with Crippen molar-refractivity contribution in [1.29, 1.82) is 0 Å². The first-order chi connectivity index (χ1) is 23.8. The maximum Gasteiger partial charge on any atom is 0.329 e. The number of imide groups is 1. The van der Waals surface area contributed by atoms with Gasteiger partial charge in [0, 0.05) is 37.5 Å². The first-order valence-corrected chi connectivity index (χ1v) is 17.6. The van der Waals surface area contributed by atoms with Gasteiger partial charge in [-0.05, 0) is 85.6 Å². The van der Waals surface area contributed by atoms with E-state index in [1.54, 1.807) is 11.8 Å². The molecule has 262 valence electrons. The Morgan fingerprint density at radius 1 is 1.00 bits per heavy atom. The lowest BCUT2D eigenvalue weighted by atomic mass is 9.89. The van der Waals surface area contributed by atoms with Gasteiger partial charge in [0.25, 0.3) is 5.91 Å². The number of benzene rings is 3. The predicted molar refractivity (Wildman–Crippen MR) is 180 cm³/mol. The van der Waals surface area contributed by atoms with Gasteiger partial charge in [0.05, 0.1) is 11.0 Å². The lowest BCUT2D eigenvalue weighted by Gasteiger charge is -2.32. The quantitative estimate of drug-likeness (QED) is 0.207. The van der Waals surface area contributed by atoms with Crippen LogP contribution >= 0.6 is 0 Å². The molecule has 7 rings (SSSR count). The van der Waals surface area contributed by atoms with Gasteiger partial charge in [-0.3, -0.25) is 33.6 Å². The van der Waals surface area contributed by atoms with Crippen LogP contribution in [0.15, 0.2) is 47.3 Å². The summed E-state index contributed by atoms with van der Waals surface area (Å²) in [5.74, 6) is -3.36. The van der Waals surface area contributed by atoms with Crippen molar-refractivity contribution in [2.75, 3.05) is 35.8 Å². The number of aromatic nitrogens is 2. The first kappa shape index (κ1) is 33.2. The number of piperidine rings is 2. The summed E-state index contributed by atoms with van der Waals surface area (Å²) in [5.41, 5.74) is 1.88. The number of likely N-dealkylation sites (tertiary alicyclic amines) is 1. The number of aromatic hydroxyl groups is 1. The van der Waals surface area contributed by atoms with Crippen LogP contribution in [0, 0.1) is 5.82 Å². The number of aryl methyl sites for hydroxylation is 1. The summed E-state index contributed by atoms with van der Waals surface area (Å²) < 4.78 is 45.0. The molecule has 1 aromatic heterocycles. The molecule has 0 aliphatic carbocycles. The van der Waals surface area contributed by atoms with E-state index in [1.807, 2.05) is 18.2 Å². The third-order valence-electron chi connectivity index (χ3n) is 9.73. The summed E-state index contributed by atoms with van der Waals surface area (Å²) in [6, 6.07) is 10.6. The zero-order valence-electron chi connectivity index (χ0n) is 26.9. The van der Waals surface area contributed by atoms with Crippen molar-refractivity contribution in [2.45, 2.75) is 44.1 Å². The third kappa shape index (κ3) is 5.95. The second-order valence-corrected chi connectivity index (χ2v) is 14.5. The third-order valence-corrected chi connectivity index (χ3v) is 11.1. The molecular weight excluding hydrogens is 673 g/mol. The second-order valence-electron chi connectivity index (χ2n) is 12.9. The smallest absolute Gasteiger partial charge is 0.329 e. The highest BCUT2D eigenvalue weighted by Crippen LogP contribution is 2.39. The zero-order valence-corrected chi connectivity index (χ0v) is 27.8. The van der Waals surface area contributed by atoms with Gasteiger partial charge in [0.15, 0.2) is 5.82 Å². The first-order valence-electron chi connectivity index (χ1n) is 16.2. The molecular formula is C33H34FN7O8S. The number of fused-ring (bicyclic) bond motifs is 2. The fourth-order valence-electron chi connectivity index (χ4n) is 7.14. The van der Waals surface area contributed by atoms with Gasteiger partial charge in [-0.15, -0.1) is 0 Å². The van der Waals surface area contributed by atoms with Gasteiger partial charge in [0.1, 0.15) is 24.0 Å². The number of nitrogens with zero attached hydrogens (tertiary/aromatic N) is 4. The number of hydrogen-bond donors (Lipinski definition) is 4. The molecule has 4 N–H and O–H groups in total. The molecule has 0 radical (unpaired) electrons. The number of anilines is 2. The van der Waals surface area contributed by atoms with E-state index in [9.17, 15) is 37.5 Å². The van der Waals surface area contributed by atoms with Crippen LogP contribution in [0.2, 0.25) is 0 Å². The molecule has 1 unspecified atom stereocenters. The molecule has 3 aliphatic rings. The van der Waals surface area contributed by atoms with Crippen LogP contribution in [0.5, 0.6) is 5.75 Å². The lowest BCUT2D eigenvalue weighted by molar-refractivity contribution is -0.135. The van der Waals surface area contributed by atoms with Crippen molar-refractivity contribution in [2.24, 2.45) is 7.05 Å². The number of phenolic OH excluding ortho intramolecular Hbond substituents is 1. The Bertz CT molecular complexity index is 2280. The van der Waals surface area contributed by atoms with Crippen LogP contribution in [0.1, 0.15) is 49.6 Å². The van der Waals surface area contributed by atoms with Crippen molar-refractivity contribution >= 4 is 67.0 Å². The highest BCUT2D eigenvalue weighted by molar-refractivity contribution is 7.92. The molecule has 17 heteroatoms. The van der Waals surface area contributed by atoms with E-state index in [1.165, 1.54) is 33.4 Å². The summed E-state index contributed by atoms with van der Waals surface area (Å²) in [4.78, 5) is 63.9. The van der Waals surface area contributed by atoms with E-state index in [0.29, 0.717) is 22.1 Å². The van der Waals surface area contributed by atoms with E-state index < -0.39 is 51.9 Å². The number of phenols is 1. The van der Waals surface area contributed by atoms with Gasteiger partial charge >= 0.3 is 15.9 Å². The predicted octanol–water partition coefficient (Wildman–Crippen LogP) is 1.70. The van der Waals surface area contributed by atoms with Gasteiger partial charge < -0.3 is 15.3 Å². The Kier molecular flexibility index (Phi) is 8.34. The Balaban J connectivity index is 0.958. The van der Waals surface area contributed by atoms with Crippen LogP contribution in [0.25, 0.3) is 21.8 Å². The van der Waals surface area contributed by atoms with Gasteiger partial charge in [-0.1, -0.05) is 6.07 Å². The Morgan fingerprint density at radius 2 is 1.76 bits per heavy atom. The number of imidazole rings is 1. The van der Waals surface area contributed by atoms with Crippen molar-refractivity contribution < 1.29 is 37.1 Å². The summed E-state index contributed by atoms with van der Waals surface area (Å²) in [6.07, 6.45) is 2.35. The molecule has 4 aromatic rings. The number of rotatable bonds is 7. The normalized spacial score (nSPS) is 20.0. The summed E-state index contributed by atoms with van der Waals surface area (Å²) >= 11 is 0. The topological polar surface area (TPSA) is 192 Å². The van der Waals surface area contributed by atoms with Crippen LogP contribution in [0.3, 0.4) is 0 Å². The van der Waals surface area contributed by atoms with E-state index in [2.05, 4.69) is 15.5 Å². The molecule has 3 aliphatic heterocycles. The SMILES string of the molecule is Cn1c(=O)n(C2CCC(=O)NC2=O)c2ccc(C3CCN(CCC(=O)Nc4ccc5c(F)c(N6CC(=O)NS6(=O)=O)c(O)cc5c4)CC3)cc21. The molecule has 3 aromatic carbocycles. The standard InChI is InChI=1S/C33H34FN7O8S/c1-38-25-15-19(2-5-23(25)41(33(38)47)24-6-7-27(43)36-32(24)46)18-8-11-39(12-9-18)13-10-28(44)35-21-3-4-22-20(14-21)16-26(42)31(30(22)34)40-17-29(45)37-50(40,48)49/h2-5,14-16,18,24,42H,6-13,17H2,1H3,(H,35,44)(H,37,45)(H,36,43,46). The van der Waals surface area contributed by atoms with E-state index in [0.717, 1.165) is 37.0 Å². The second kappa shape index (κ2) is 12.5. The molecule has 0 saturated carbocycles. The zero-order chi connectivity index (χ0) is 35.5. The van der Waals surface area contributed by atoms with Gasteiger partial charge in [-0.2, -0.15) is 8.42 Å². The average Bonchev–Trinajstić information content (AvgIpc) is 3.48. The van der Waals surface area contributed by atoms with Crippen LogP contribution < -0.4 is 25.4 Å². The maximum absolute atomic E-state index is 15.4. The minimum atomic E-state index is -4.34. The molecule has 15 nitrogen and oxygen atoms in total. The molecule has 3 saturated heterocycles. The van der Waals surface area contributed by atoms with Crippen molar-refractivity contribution in [1.82, 2.24) is 24.1 Å². The molecule has 4 heterocycles. The summed E-state index contributed by atoms with van der Waals surface area (Å²) in [6.45, 7) is 1.38. The number of nitrogens with one attached hydrogen (secondary N) is 3. The molecule has 0 bridgehead atoms. The fraction of sp³-hybridized carbons (Fsp3) is 0.364. The Hall–Kier alpha value is -5.29.